The minimum Gasteiger partial charge on any atom is -0.294 e. The summed E-state index contributed by atoms with van der Waals surface area (Å²) in [7, 11) is 0. The Morgan fingerprint density at radius 2 is 1.93 bits per heavy atom. The van der Waals surface area contributed by atoms with Crippen LogP contribution >= 0.6 is 11.6 Å². The molecule has 0 atom stereocenters. The van der Waals surface area contributed by atoms with E-state index in [0.29, 0.717) is 10.6 Å². The molecule has 0 radical (unpaired) electrons. The van der Waals surface area contributed by atoms with Crippen LogP contribution < -0.4 is 0 Å². The first-order valence-corrected chi connectivity index (χ1v) is 5.16. The second kappa shape index (κ2) is 4.14. The summed E-state index contributed by atoms with van der Waals surface area (Å²) in [6.07, 6.45) is 0.817. The number of Topliss-reactive ketones (excluding diaryl/α,β-unsaturated/α-hetero) is 1. The van der Waals surface area contributed by atoms with Crippen molar-refractivity contribution in [2.45, 2.75) is 27.2 Å². The van der Waals surface area contributed by atoms with Crippen LogP contribution in [-0.2, 0) is 0 Å². The molecule has 0 heterocycles. The lowest BCUT2D eigenvalue weighted by atomic mass is 9.82. The minimum atomic E-state index is -0.328. The molecule has 0 aliphatic carbocycles. The largest absolute Gasteiger partial charge is 0.294 e. The van der Waals surface area contributed by atoms with Gasteiger partial charge in [0.15, 0.2) is 5.78 Å². The number of hydrogen-bond acceptors (Lipinski definition) is 1. The van der Waals surface area contributed by atoms with Crippen LogP contribution in [0.25, 0.3) is 0 Å². The molecule has 0 N–H and O–H groups in total. The Labute approximate surface area is 90.1 Å². The van der Waals surface area contributed by atoms with Gasteiger partial charge in [0.1, 0.15) is 0 Å². The summed E-state index contributed by atoms with van der Waals surface area (Å²) in [4.78, 5) is 12.0. The Morgan fingerprint density at radius 1 is 1.36 bits per heavy atom. The molecule has 0 bridgehead atoms. The molecule has 2 heteroatoms. The van der Waals surface area contributed by atoms with Gasteiger partial charge in [-0.2, -0.15) is 0 Å². The molecule has 0 spiro atoms. The lowest BCUT2D eigenvalue weighted by Gasteiger charge is -2.21. The summed E-state index contributed by atoms with van der Waals surface area (Å²) >= 11 is 5.96. The molecule has 1 aromatic carbocycles. The molecule has 0 aliphatic heterocycles. The van der Waals surface area contributed by atoms with E-state index >= 15 is 0 Å². The predicted octanol–water partition coefficient (Wildman–Crippen LogP) is 3.96. The quantitative estimate of drug-likeness (QED) is 0.691. The fourth-order valence-corrected chi connectivity index (χ4v) is 1.39. The van der Waals surface area contributed by atoms with Crippen LogP contribution in [0.3, 0.4) is 0 Å². The lowest BCUT2D eigenvalue weighted by Crippen LogP contribution is -2.23. The third kappa shape index (κ3) is 2.16. The number of rotatable bonds is 3. The van der Waals surface area contributed by atoms with Crippen molar-refractivity contribution in [1.29, 1.82) is 0 Å². The normalized spacial score (nSPS) is 11.4. The SMILES string of the molecule is CCC(C)(C)C(=O)c1ccccc1Cl. The van der Waals surface area contributed by atoms with Crippen LogP contribution in [0.15, 0.2) is 24.3 Å². The van der Waals surface area contributed by atoms with Gasteiger partial charge in [0.25, 0.3) is 0 Å². The highest BCUT2D eigenvalue weighted by Gasteiger charge is 2.27. The summed E-state index contributed by atoms with van der Waals surface area (Å²) in [6, 6.07) is 7.20. The zero-order chi connectivity index (χ0) is 10.8. The Balaban J connectivity index is 3.07. The Bertz CT molecular complexity index is 342. The molecular formula is C12H15ClO. The summed E-state index contributed by atoms with van der Waals surface area (Å²) in [5, 5.41) is 0.541. The molecule has 0 amide bonds. The van der Waals surface area contributed by atoms with Gasteiger partial charge in [0.2, 0.25) is 0 Å². The number of carbonyl (C=O) groups excluding carboxylic acids is 1. The van der Waals surface area contributed by atoms with E-state index in [4.69, 9.17) is 11.6 Å². The van der Waals surface area contributed by atoms with E-state index in [1.807, 2.05) is 32.9 Å². The summed E-state index contributed by atoms with van der Waals surface area (Å²) in [5.74, 6) is 0.116. The van der Waals surface area contributed by atoms with Gasteiger partial charge in [-0.1, -0.05) is 44.5 Å². The van der Waals surface area contributed by atoms with Crippen LogP contribution in [0.2, 0.25) is 5.02 Å². The average molecular weight is 211 g/mol. The molecule has 0 aliphatic rings. The maximum Gasteiger partial charge on any atom is 0.169 e. The van der Waals surface area contributed by atoms with Crippen molar-refractivity contribution in [3.8, 4) is 0 Å². The van der Waals surface area contributed by atoms with Crippen LogP contribution in [0.4, 0.5) is 0 Å². The molecule has 14 heavy (non-hydrogen) atoms. The molecule has 0 saturated carbocycles. The first-order chi connectivity index (χ1) is 6.49. The lowest BCUT2D eigenvalue weighted by molar-refractivity contribution is 0.0833. The highest BCUT2D eigenvalue weighted by Crippen LogP contribution is 2.28. The van der Waals surface area contributed by atoms with Crippen molar-refractivity contribution < 1.29 is 4.79 Å². The van der Waals surface area contributed by atoms with E-state index in [0.717, 1.165) is 6.42 Å². The molecule has 0 saturated heterocycles. The average Bonchev–Trinajstić information content (AvgIpc) is 2.17. The summed E-state index contributed by atoms with van der Waals surface area (Å²) in [5.41, 5.74) is 0.298. The van der Waals surface area contributed by atoms with E-state index < -0.39 is 0 Å². The number of carbonyl (C=O) groups is 1. The first-order valence-electron chi connectivity index (χ1n) is 4.78. The number of ketones is 1. The smallest absolute Gasteiger partial charge is 0.169 e. The van der Waals surface area contributed by atoms with Crippen molar-refractivity contribution in [3.05, 3.63) is 34.9 Å². The molecule has 1 aromatic rings. The second-order valence-electron chi connectivity index (χ2n) is 4.05. The summed E-state index contributed by atoms with van der Waals surface area (Å²) in [6.45, 7) is 5.89. The highest BCUT2D eigenvalue weighted by molar-refractivity contribution is 6.34. The Hall–Kier alpha value is -0.820. The van der Waals surface area contributed by atoms with Crippen molar-refractivity contribution in [2.24, 2.45) is 5.41 Å². The van der Waals surface area contributed by atoms with Crippen molar-refractivity contribution >= 4 is 17.4 Å². The maximum atomic E-state index is 12.0. The first kappa shape index (κ1) is 11.3. The third-order valence-electron chi connectivity index (χ3n) is 2.62. The molecule has 0 aromatic heterocycles. The van der Waals surface area contributed by atoms with Crippen LogP contribution in [-0.4, -0.2) is 5.78 Å². The number of benzene rings is 1. The molecule has 1 nitrogen and oxygen atoms in total. The van der Waals surface area contributed by atoms with Gasteiger partial charge in [0.05, 0.1) is 5.02 Å². The van der Waals surface area contributed by atoms with Crippen molar-refractivity contribution in [2.75, 3.05) is 0 Å². The van der Waals surface area contributed by atoms with Gasteiger partial charge in [-0.3, -0.25) is 4.79 Å². The Morgan fingerprint density at radius 3 is 2.43 bits per heavy atom. The van der Waals surface area contributed by atoms with Crippen LogP contribution in [0.5, 0.6) is 0 Å². The fourth-order valence-electron chi connectivity index (χ4n) is 1.17. The topological polar surface area (TPSA) is 17.1 Å². The van der Waals surface area contributed by atoms with Crippen molar-refractivity contribution in [1.82, 2.24) is 0 Å². The van der Waals surface area contributed by atoms with Crippen LogP contribution in [0.1, 0.15) is 37.6 Å². The fraction of sp³-hybridized carbons (Fsp3) is 0.417. The zero-order valence-electron chi connectivity index (χ0n) is 8.80. The van der Waals surface area contributed by atoms with Crippen molar-refractivity contribution in [3.63, 3.8) is 0 Å². The monoisotopic (exact) mass is 210 g/mol. The van der Waals surface area contributed by atoms with Gasteiger partial charge in [-0.05, 0) is 18.6 Å². The van der Waals surface area contributed by atoms with Gasteiger partial charge < -0.3 is 0 Å². The molecule has 0 unspecified atom stereocenters. The maximum absolute atomic E-state index is 12.0. The van der Waals surface area contributed by atoms with E-state index in [2.05, 4.69) is 0 Å². The van der Waals surface area contributed by atoms with Gasteiger partial charge >= 0.3 is 0 Å². The van der Waals surface area contributed by atoms with E-state index in [1.165, 1.54) is 0 Å². The van der Waals surface area contributed by atoms with E-state index in [9.17, 15) is 4.79 Å². The molecule has 1 rings (SSSR count). The van der Waals surface area contributed by atoms with Gasteiger partial charge in [-0.25, -0.2) is 0 Å². The Kier molecular flexibility index (Phi) is 3.33. The molecular weight excluding hydrogens is 196 g/mol. The number of halogens is 1. The van der Waals surface area contributed by atoms with E-state index in [-0.39, 0.29) is 11.2 Å². The van der Waals surface area contributed by atoms with Crippen LogP contribution in [0, 0.1) is 5.41 Å². The zero-order valence-corrected chi connectivity index (χ0v) is 9.56. The molecule has 76 valence electrons. The van der Waals surface area contributed by atoms with Gasteiger partial charge in [0, 0.05) is 11.0 Å². The third-order valence-corrected chi connectivity index (χ3v) is 2.95. The van der Waals surface area contributed by atoms with E-state index in [1.54, 1.807) is 12.1 Å². The predicted molar refractivity (Wildman–Crippen MR) is 59.9 cm³/mol. The molecule has 0 fully saturated rings. The minimum absolute atomic E-state index is 0.116. The summed E-state index contributed by atoms with van der Waals surface area (Å²) < 4.78 is 0. The number of hydrogen-bond donors (Lipinski definition) is 0. The van der Waals surface area contributed by atoms with Gasteiger partial charge in [-0.15, -0.1) is 0 Å². The second-order valence-corrected chi connectivity index (χ2v) is 4.45. The highest BCUT2D eigenvalue weighted by atomic mass is 35.5. The standard InChI is InChI=1S/C12H15ClO/c1-4-12(2,3)11(14)9-7-5-6-8-10(9)13/h5-8H,4H2,1-3H3.